The van der Waals surface area contributed by atoms with Crippen LogP contribution < -0.4 is 0 Å². The molecule has 25 heavy (non-hydrogen) atoms. The summed E-state index contributed by atoms with van der Waals surface area (Å²) in [6, 6.07) is 7.23. The molecule has 3 nitrogen and oxygen atoms in total. The molecule has 0 saturated carbocycles. The highest BCUT2D eigenvalue weighted by atomic mass is 16.3. The van der Waals surface area contributed by atoms with E-state index < -0.39 is 0 Å². The van der Waals surface area contributed by atoms with Crippen LogP contribution in [0.5, 0.6) is 5.75 Å². The Bertz CT molecular complexity index is 990. The highest BCUT2D eigenvalue weighted by Crippen LogP contribution is 2.45. The highest BCUT2D eigenvalue weighted by Gasteiger charge is 2.32. The second kappa shape index (κ2) is 5.20. The van der Waals surface area contributed by atoms with Crippen LogP contribution in [0.4, 0.5) is 0 Å². The monoisotopic (exact) mass is 332 g/mol. The van der Waals surface area contributed by atoms with E-state index in [2.05, 4.69) is 6.07 Å². The number of hydrogen-bond donors (Lipinski definition) is 0. The van der Waals surface area contributed by atoms with Crippen LogP contribution in [0.1, 0.15) is 68.6 Å². The first-order chi connectivity index (χ1) is 11.4. The van der Waals surface area contributed by atoms with E-state index in [0.29, 0.717) is 33.0 Å². The van der Waals surface area contributed by atoms with Crippen LogP contribution in [-0.4, -0.2) is 5.78 Å². The van der Waals surface area contributed by atoms with Gasteiger partial charge in [0.1, 0.15) is 0 Å². The van der Waals surface area contributed by atoms with Gasteiger partial charge in [-0.2, -0.15) is 5.26 Å². The molecule has 0 bridgehead atoms. The summed E-state index contributed by atoms with van der Waals surface area (Å²) in [7, 11) is 0. The van der Waals surface area contributed by atoms with Gasteiger partial charge in [-0.1, -0.05) is 41.5 Å². The predicted molar refractivity (Wildman–Crippen MR) is 99.3 cm³/mol. The van der Waals surface area contributed by atoms with Gasteiger partial charge < -0.3 is 0 Å². The molecule has 1 aliphatic carbocycles. The minimum absolute atomic E-state index is 0.0926. The van der Waals surface area contributed by atoms with Crippen molar-refractivity contribution < 1.29 is 9.90 Å². The van der Waals surface area contributed by atoms with E-state index in [1.54, 1.807) is 12.1 Å². The lowest BCUT2D eigenvalue weighted by atomic mass is 9.74. The van der Waals surface area contributed by atoms with E-state index in [0.717, 1.165) is 5.56 Å². The van der Waals surface area contributed by atoms with Crippen molar-refractivity contribution in [2.24, 2.45) is 5.41 Å². The normalized spacial score (nSPS) is 14.4. The molecule has 0 amide bonds. The lowest BCUT2D eigenvalue weighted by Crippen LogP contribution is -2.21. The Morgan fingerprint density at radius 3 is 2.12 bits per heavy atom. The maximum Gasteiger partial charge on any atom is 0.190 e. The third-order valence-electron chi connectivity index (χ3n) is 4.75. The van der Waals surface area contributed by atoms with Gasteiger partial charge in [0.05, 0.1) is 11.6 Å². The highest BCUT2D eigenvalue weighted by molar-refractivity contribution is 6.24. The zero-order valence-corrected chi connectivity index (χ0v) is 15.6. The zero-order valence-electron chi connectivity index (χ0n) is 15.6. The van der Waals surface area contributed by atoms with Gasteiger partial charge in [-0.15, -0.1) is 0 Å². The van der Waals surface area contributed by atoms with Crippen molar-refractivity contribution >= 4 is 22.6 Å². The van der Waals surface area contributed by atoms with E-state index in [9.17, 15) is 15.2 Å². The van der Waals surface area contributed by atoms with Crippen molar-refractivity contribution in [2.45, 2.75) is 47.0 Å². The quantitative estimate of drug-likeness (QED) is 0.614. The molecule has 127 valence electrons. The van der Waals surface area contributed by atoms with E-state index >= 15 is 0 Å². The Labute approximate surface area is 148 Å². The fourth-order valence-corrected chi connectivity index (χ4v) is 3.41. The number of nitriles is 1. The molecule has 0 unspecified atom stereocenters. The predicted octanol–water partition coefficient (Wildman–Crippen LogP) is 5.78. The van der Waals surface area contributed by atoms with Gasteiger partial charge in [-0.05, 0) is 40.7 Å². The first kappa shape index (κ1) is 17.2. The summed E-state index contributed by atoms with van der Waals surface area (Å²) in [5, 5.41) is 23.5. The number of benzene rings is 2. The summed E-state index contributed by atoms with van der Waals surface area (Å²) in [4.78, 5) is 13.0. The molecule has 0 saturated heterocycles. The minimum atomic E-state index is -0.318. The van der Waals surface area contributed by atoms with Crippen molar-refractivity contribution in [1.29, 1.82) is 5.26 Å². The van der Waals surface area contributed by atoms with E-state index in [-0.39, 0.29) is 22.4 Å². The van der Waals surface area contributed by atoms with E-state index in [4.69, 9.17) is 0 Å². The Morgan fingerprint density at radius 2 is 1.60 bits per heavy atom. The first-order valence-corrected chi connectivity index (χ1v) is 8.44. The first-order valence-electron chi connectivity index (χ1n) is 8.44. The van der Waals surface area contributed by atoms with Crippen LogP contribution in [0.15, 0.2) is 23.8 Å². The number of carbonyl (C=O) groups excluding carboxylic acids is 1. The number of Topliss-reactive ketones (excluding diaryl/α,β-unsaturated/α-hetero) is 1. The second-order valence-electron chi connectivity index (χ2n) is 8.79. The smallest absolute Gasteiger partial charge is 0.190 e. The Morgan fingerprint density at radius 1 is 0.960 bits per heavy atom. The maximum absolute atomic E-state index is 13.0. The number of allylic oxidation sites excluding steroid dienone is 1. The molecule has 0 N–H and O–H groups in total. The largest absolute Gasteiger partial charge is 0.289 e. The number of carbonyl (C=O) groups is 1. The molecule has 0 atom stereocenters. The van der Waals surface area contributed by atoms with Crippen molar-refractivity contribution in [3.05, 3.63) is 46.0 Å². The van der Waals surface area contributed by atoms with Crippen LogP contribution in [-0.2, 0) is 10.5 Å². The topological polar surface area (TPSA) is 60.8 Å². The molecule has 2 aromatic carbocycles. The van der Waals surface area contributed by atoms with E-state index in [1.165, 1.54) is 0 Å². The molecule has 0 spiro atoms. The molecule has 0 heterocycles. The van der Waals surface area contributed by atoms with Crippen LogP contribution in [0.2, 0.25) is 0 Å². The SMILES string of the molecule is CC(C)(C)C1=Cc2cc(C(C)(C)C)c([O])c3cc(C#N)cc(c23)C1=O. The molecule has 3 heteroatoms. The van der Waals surface area contributed by atoms with Crippen LogP contribution >= 0.6 is 0 Å². The van der Waals surface area contributed by atoms with Crippen LogP contribution in [0, 0.1) is 16.7 Å². The van der Waals surface area contributed by atoms with Gasteiger partial charge in [-0.3, -0.25) is 9.90 Å². The maximum atomic E-state index is 13.0. The van der Waals surface area contributed by atoms with Crippen molar-refractivity contribution in [3.8, 4) is 11.8 Å². The third-order valence-corrected chi connectivity index (χ3v) is 4.75. The number of rotatable bonds is 0. The average molecular weight is 332 g/mol. The summed E-state index contributed by atoms with van der Waals surface area (Å²) in [5.41, 5.74) is 2.48. The van der Waals surface area contributed by atoms with Crippen LogP contribution in [0.3, 0.4) is 0 Å². The van der Waals surface area contributed by atoms with Gasteiger partial charge >= 0.3 is 0 Å². The summed E-state index contributed by atoms with van der Waals surface area (Å²) in [6.07, 6.45) is 1.92. The molecular weight excluding hydrogens is 310 g/mol. The molecule has 1 aliphatic rings. The van der Waals surface area contributed by atoms with Crippen molar-refractivity contribution in [3.63, 3.8) is 0 Å². The molecule has 0 aliphatic heterocycles. The Hall–Kier alpha value is -2.60. The summed E-state index contributed by atoms with van der Waals surface area (Å²) in [6.45, 7) is 12.0. The zero-order chi connectivity index (χ0) is 18.7. The Balaban J connectivity index is 2.52. The second-order valence-corrected chi connectivity index (χ2v) is 8.79. The fourth-order valence-electron chi connectivity index (χ4n) is 3.41. The molecule has 3 rings (SSSR count). The summed E-state index contributed by atoms with van der Waals surface area (Å²) < 4.78 is 0. The summed E-state index contributed by atoms with van der Waals surface area (Å²) >= 11 is 0. The average Bonchev–Trinajstić information content (AvgIpc) is 2.50. The number of nitrogens with zero attached hydrogens (tertiary/aromatic N) is 1. The molecule has 2 aromatic rings. The fraction of sp³-hybridized carbons (Fsp3) is 0.364. The van der Waals surface area contributed by atoms with Crippen LogP contribution in [0.25, 0.3) is 16.8 Å². The van der Waals surface area contributed by atoms with Crippen molar-refractivity contribution in [2.75, 3.05) is 0 Å². The molecular formula is C22H22NO2. The van der Waals surface area contributed by atoms with Gasteiger partial charge in [0.2, 0.25) is 0 Å². The Kier molecular flexibility index (Phi) is 3.58. The van der Waals surface area contributed by atoms with Gasteiger partial charge in [-0.25, -0.2) is 0 Å². The van der Waals surface area contributed by atoms with Gasteiger partial charge in [0, 0.05) is 27.5 Å². The standard InChI is InChI=1S/C22H22NO2/c1-21(2,3)16-9-13-10-17(22(4,5)6)20(25)15-8-12(11-23)7-14(18(13)15)19(16)24/h7-10H,1-6H3. The minimum Gasteiger partial charge on any atom is -0.289 e. The summed E-state index contributed by atoms with van der Waals surface area (Å²) in [5.74, 6) is -0.185. The van der Waals surface area contributed by atoms with Gasteiger partial charge in [0.25, 0.3) is 0 Å². The van der Waals surface area contributed by atoms with Crippen molar-refractivity contribution in [1.82, 2.24) is 0 Å². The van der Waals surface area contributed by atoms with E-state index in [1.807, 2.05) is 53.7 Å². The number of ketones is 1. The lowest BCUT2D eigenvalue weighted by Gasteiger charge is -2.28. The lowest BCUT2D eigenvalue weighted by molar-refractivity contribution is 0.101. The third kappa shape index (κ3) is 2.62. The molecule has 0 aromatic heterocycles. The molecule has 0 fully saturated rings. The number of hydrogen-bond acceptors (Lipinski definition) is 2. The van der Waals surface area contributed by atoms with Gasteiger partial charge in [0.15, 0.2) is 11.5 Å². The molecule has 1 radical (unpaired) electrons.